The van der Waals surface area contributed by atoms with Crippen molar-refractivity contribution in [2.24, 2.45) is 5.92 Å². The lowest BCUT2D eigenvalue weighted by atomic mass is 10.0. The molecule has 1 atom stereocenters. The van der Waals surface area contributed by atoms with Crippen LogP contribution in [0.3, 0.4) is 0 Å². The molecule has 1 aromatic heterocycles. The molecule has 0 aliphatic carbocycles. The quantitative estimate of drug-likeness (QED) is 0.470. The van der Waals surface area contributed by atoms with E-state index in [9.17, 15) is 4.79 Å². The Bertz CT molecular complexity index is 855. The molecular formula is C24H34N4OS. The van der Waals surface area contributed by atoms with Crippen LogP contribution in [-0.2, 0) is 12.2 Å². The van der Waals surface area contributed by atoms with E-state index in [1.54, 1.807) is 11.8 Å². The van der Waals surface area contributed by atoms with Crippen LogP contribution in [0.1, 0.15) is 68.6 Å². The Kier molecular flexibility index (Phi) is 8.14. The second-order valence-electron chi connectivity index (χ2n) is 8.48. The van der Waals surface area contributed by atoms with E-state index < -0.39 is 0 Å². The first-order valence-electron chi connectivity index (χ1n) is 11.1. The van der Waals surface area contributed by atoms with Crippen molar-refractivity contribution in [3.63, 3.8) is 0 Å². The number of thioether (sulfide) groups is 1. The van der Waals surface area contributed by atoms with Crippen molar-refractivity contribution in [1.82, 2.24) is 15.3 Å². The third kappa shape index (κ3) is 6.21. The summed E-state index contributed by atoms with van der Waals surface area (Å²) < 4.78 is 0. The van der Waals surface area contributed by atoms with E-state index in [1.165, 1.54) is 19.3 Å². The largest absolute Gasteiger partial charge is 0.354 e. The molecule has 0 bridgehead atoms. The molecule has 0 spiro atoms. The highest BCUT2D eigenvalue weighted by molar-refractivity contribution is 7.98. The predicted molar refractivity (Wildman–Crippen MR) is 125 cm³/mol. The monoisotopic (exact) mass is 426 g/mol. The first-order chi connectivity index (χ1) is 14.5. The molecule has 1 saturated heterocycles. The molecule has 1 amide bonds. The number of amides is 1. The normalized spacial score (nSPS) is 16.7. The Morgan fingerprint density at radius 2 is 2.10 bits per heavy atom. The Hall–Kier alpha value is -2.08. The molecule has 0 unspecified atom stereocenters. The molecule has 6 heteroatoms. The van der Waals surface area contributed by atoms with Crippen LogP contribution in [0.5, 0.6) is 0 Å². The van der Waals surface area contributed by atoms with E-state index in [-0.39, 0.29) is 5.91 Å². The zero-order chi connectivity index (χ0) is 21.5. The van der Waals surface area contributed by atoms with Crippen LogP contribution in [0.15, 0.2) is 35.5 Å². The van der Waals surface area contributed by atoms with E-state index in [2.05, 4.69) is 50.0 Å². The summed E-state index contributed by atoms with van der Waals surface area (Å²) in [5.41, 5.74) is 2.90. The number of aromatic nitrogens is 2. The van der Waals surface area contributed by atoms with Crippen LogP contribution < -0.4 is 10.2 Å². The second-order valence-corrected chi connectivity index (χ2v) is 9.43. The molecule has 1 aliphatic rings. The fourth-order valence-corrected chi connectivity index (χ4v) is 4.46. The van der Waals surface area contributed by atoms with Crippen LogP contribution >= 0.6 is 11.8 Å². The second kappa shape index (κ2) is 10.8. The summed E-state index contributed by atoms with van der Waals surface area (Å²) in [6, 6.07) is 10.5. The lowest BCUT2D eigenvalue weighted by Crippen LogP contribution is -2.38. The molecule has 1 aliphatic heterocycles. The number of hydrogen-bond acceptors (Lipinski definition) is 5. The Balaban J connectivity index is 1.70. The van der Waals surface area contributed by atoms with E-state index in [4.69, 9.17) is 9.97 Å². The van der Waals surface area contributed by atoms with E-state index in [0.29, 0.717) is 24.1 Å². The van der Waals surface area contributed by atoms with Crippen LogP contribution in [0.4, 0.5) is 5.82 Å². The maximum atomic E-state index is 12.4. The summed E-state index contributed by atoms with van der Waals surface area (Å²) in [6.45, 7) is 10.4. The molecule has 1 fully saturated rings. The molecule has 5 nitrogen and oxygen atoms in total. The Labute approximate surface area is 185 Å². The van der Waals surface area contributed by atoms with Crippen LogP contribution in [-0.4, -0.2) is 35.0 Å². The number of hydrogen-bond donors (Lipinski definition) is 1. The molecule has 0 radical (unpaired) electrons. The first kappa shape index (κ1) is 22.6. The highest BCUT2D eigenvalue weighted by Gasteiger charge is 2.21. The zero-order valence-electron chi connectivity index (χ0n) is 18.6. The predicted octanol–water partition coefficient (Wildman–Crippen LogP) is 5.10. The van der Waals surface area contributed by atoms with Crippen molar-refractivity contribution in [1.29, 1.82) is 0 Å². The van der Waals surface area contributed by atoms with Crippen molar-refractivity contribution in [3.8, 4) is 0 Å². The number of nitrogens with zero attached hydrogens (tertiary/aromatic N) is 3. The molecule has 2 aromatic rings. The number of aryl methyl sites for hydroxylation is 1. The third-order valence-electron chi connectivity index (χ3n) is 5.43. The smallest absolute Gasteiger partial charge is 0.251 e. The van der Waals surface area contributed by atoms with Gasteiger partial charge in [-0.05, 0) is 56.2 Å². The average molecular weight is 427 g/mol. The molecular weight excluding hydrogens is 392 g/mol. The van der Waals surface area contributed by atoms with E-state index in [1.807, 2.05) is 18.2 Å². The minimum absolute atomic E-state index is 0.0128. The van der Waals surface area contributed by atoms with Crippen molar-refractivity contribution >= 4 is 23.5 Å². The minimum Gasteiger partial charge on any atom is -0.354 e. The summed E-state index contributed by atoms with van der Waals surface area (Å²) >= 11 is 1.64. The highest BCUT2D eigenvalue weighted by atomic mass is 32.2. The molecule has 0 saturated carbocycles. The molecule has 162 valence electrons. The zero-order valence-corrected chi connectivity index (χ0v) is 19.5. The Morgan fingerprint density at radius 3 is 2.83 bits per heavy atom. The summed E-state index contributed by atoms with van der Waals surface area (Å²) in [5.74, 6) is 2.22. The van der Waals surface area contributed by atoms with Gasteiger partial charge in [-0.1, -0.05) is 44.7 Å². The fraction of sp³-hybridized carbons (Fsp3) is 0.542. The van der Waals surface area contributed by atoms with Gasteiger partial charge in [0.2, 0.25) is 0 Å². The van der Waals surface area contributed by atoms with Gasteiger partial charge in [0.05, 0.1) is 0 Å². The maximum absolute atomic E-state index is 12.4. The lowest BCUT2D eigenvalue weighted by molar-refractivity contribution is 0.0949. The number of nitrogens with one attached hydrogen (secondary N) is 1. The van der Waals surface area contributed by atoms with Gasteiger partial charge in [-0.2, -0.15) is 0 Å². The SMILES string of the molecule is CCc1cc(N2CCCC[C@@H]2C)nc(SCc2cccc(C(=O)NCC(C)C)c2)n1. The van der Waals surface area contributed by atoms with Gasteiger partial charge in [-0.25, -0.2) is 9.97 Å². The van der Waals surface area contributed by atoms with Gasteiger partial charge in [0.15, 0.2) is 5.16 Å². The summed E-state index contributed by atoms with van der Waals surface area (Å²) in [7, 11) is 0. The standard InChI is InChI=1S/C24H34N4OS/c1-5-21-14-22(28-12-7-6-9-18(28)4)27-24(26-21)30-16-19-10-8-11-20(13-19)23(29)25-15-17(2)3/h8,10-11,13-14,17-18H,5-7,9,12,15-16H2,1-4H3,(H,25,29)/t18-/m0/s1. The lowest BCUT2D eigenvalue weighted by Gasteiger charge is -2.34. The van der Waals surface area contributed by atoms with Gasteiger partial charge in [0.1, 0.15) is 5.82 Å². The molecule has 1 N–H and O–H groups in total. The first-order valence-corrected chi connectivity index (χ1v) is 12.1. The minimum atomic E-state index is -0.0128. The molecule has 3 rings (SSSR count). The molecule has 1 aromatic carbocycles. The van der Waals surface area contributed by atoms with Gasteiger partial charge in [-0.15, -0.1) is 0 Å². The van der Waals surface area contributed by atoms with Crippen molar-refractivity contribution in [3.05, 3.63) is 47.2 Å². The van der Waals surface area contributed by atoms with Gasteiger partial charge in [0, 0.05) is 42.2 Å². The van der Waals surface area contributed by atoms with Gasteiger partial charge >= 0.3 is 0 Å². The topological polar surface area (TPSA) is 58.1 Å². The van der Waals surface area contributed by atoms with Crippen molar-refractivity contribution < 1.29 is 4.79 Å². The van der Waals surface area contributed by atoms with Gasteiger partial charge in [0.25, 0.3) is 5.91 Å². The highest BCUT2D eigenvalue weighted by Crippen LogP contribution is 2.27. The van der Waals surface area contributed by atoms with Crippen LogP contribution in [0.25, 0.3) is 0 Å². The number of rotatable bonds is 8. The number of carbonyl (C=O) groups is 1. The van der Waals surface area contributed by atoms with E-state index in [0.717, 1.165) is 41.0 Å². The average Bonchev–Trinajstić information content (AvgIpc) is 2.76. The van der Waals surface area contributed by atoms with E-state index >= 15 is 0 Å². The summed E-state index contributed by atoms with van der Waals surface area (Å²) in [5, 5.41) is 3.80. The number of anilines is 1. The molecule has 2 heterocycles. The van der Waals surface area contributed by atoms with Crippen LogP contribution in [0.2, 0.25) is 0 Å². The van der Waals surface area contributed by atoms with Gasteiger partial charge in [-0.3, -0.25) is 4.79 Å². The molecule has 30 heavy (non-hydrogen) atoms. The van der Waals surface area contributed by atoms with Crippen molar-refractivity contribution in [2.45, 2.75) is 70.3 Å². The Morgan fingerprint density at radius 1 is 1.27 bits per heavy atom. The van der Waals surface area contributed by atoms with Gasteiger partial charge < -0.3 is 10.2 Å². The number of carbonyl (C=O) groups excluding carboxylic acids is 1. The maximum Gasteiger partial charge on any atom is 0.251 e. The third-order valence-corrected chi connectivity index (χ3v) is 6.35. The van der Waals surface area contributed by atoms with Crippen molar-refractivity contribution in [2.75, 3.05) is 18.0 Å². The summed E-state index contributed by atoms with van der Waals surface area (Å²) in [6.07, 6.45) is 4.65. The fourth-order valence-electron chi connectivity index (χ4n) is 3.64. The number of benzene rings is 1. The number of piperidine rings is 1. The summed E-state index contributed by atoms with van der Waals surface area (Å²) in [4.78, 5) is 24.4. The van der Waals surface area contributed by atoms with Crippen LogP contribution in [0, 0.1) is 5.92 Å².